The van der Waals surface area contributed by atoms with E-state index in [0.29, 0.717) is 12.5 Å². The molecule has 1 heterocycles. The number of hydrogen-bond acceptors (Lipinski definition) is 3. The van der Waals surface area contributed by atoms with Crippen molar-refractivity contribution < 1.29 is 9.59 Å². The smallest absolute Gasteiger partial charge is 0.312 e. The van der Waals surface area contributed by atoms with Crippen LogP contribution in [-0.2, 0) is 11.3 Å². The standard InChI is InChI=1S/C17H25ClN4O2/c18-15-4-2-1-3-14(15)12-22-9-6-13(7-10-22)11-21-16(23)5-8-20-17(19)24/h1-4,13H,5-12H2,(H,21,23)(H3,19,20,24). The van der Waals surface area contributed by atoms with Crippen molar-refractivity contribution in [2.24, 2.45) is 11.7 Å². The summed E-state index contributed by atoms with van der Waals surface area (Å²) in [6.45, 7) is 3.86. The molecule has 1 aromatic rings. The molecule has 4 N–H and O–H groups in total. The largest absolute Gasteiger partial charge is 0.356 e. The summed E-state index contributed by atoms with van der Waals surface area (Å²) in [6.07, 6.45) is 2.38. The summed E-state index contributed by atoms with van der Waals surface area (Å²) in [5.74, 6) is 0.447. The highest BCUT2D eigenvalue weighted by atomic mass is 35.5. The third-order valence-corrected chi connectivity index (χ3v) is 4.67. The first-order valence-corrected chi connectivity index (χ1v) is 8.68. The molecular weight excluding hydrogens is 328 g/mol. The molecule has 0 radical (unpaired) electrons. The second kappa shape index (κ2) is 9.49. The van der Waals surface area contributed by atoms with Crippen molar-refractivity contribution in [1.29, 1.82) is 0 Å². The molecule has 0 aliphatic carbocycles. The molecule has 2 rings (SSSR count). The van der Waals surface area contributed by atoms with Gasteiger partial charge in [-0.3, -0.25) is 9.69 Å². The molecule has 1 fully saturated rings. The molecule has 6 nitrogen and oxygen atoms in total. The number of nitrogens with one attached hydrogen (secondary N) is 2. The predicted octanol–water partition coefficient (Wildman–Crippen LogP) is 1.73. The Morgan fingerprint density at radius 3 is 2.58 bits per heavy atom. The van der Waals surface area contributed by atoms with Gasteiger partial charge in [-0.25, -0.2) is 4.79 Å². The minimum absolute atomic E-state index is 0.0535. The average molecular weight is 353 g/mol. The molecule has 1 aliphatic heterocycles. The summed E-state index contributed by atoms with van der Waals surface area (Å²) in [5, 5.41) is 6.15. The monoisotopic (exact) mass is 352 g/mol. The predicted molar refractivity (Wildman–Crippen MR) is 94.7 cm³/mol. The molecule has 24 heavy (non-hydrogen) atoms. The summed E-state index contributed by atoms with van der Waals surface area (Å²) in [6, 6.07) is 7.34. The van der Waals surface area contributed by atoms with Crippen molar-refractivity contribution in [3.63, 3.8) is 0 Å². The van der Waals surface area contributed by atoms with E-state index in [9.17, 15) is 9.59 Å². The lowest BCUT2D eigenvalue weighted by Gasteiger charge is -2.32. The Kier molecular flexibility index (Phi) is 7.34. The van der Waals surface area contributed by atoms with Crippen molar-refractivity contribution in [1.82, 2.24) is 15.5 Å². The number of likely N-dealkylation sites (tertiary alicyclic amines) is 1. The third kappa shape index (κ3) is 6.37. The average Bonchev–Trinajstić information content (AvgIpc) is 2.56. The van der Waals surface area contributed by atoms with E-state index in [2.05, 4.69) is 21.6 Å². The van der Waals surface area contributed by atoms with E-state index in [-0.39, 0.29) is 18.9 Å². The van der Waals surface area contributed by atoms with Gasteiger partial charge >= 0.3 is 6.03 Å². The number of carbonyl (C=O) groups excluding carboxylic acids is 2. The van der Waals surface area contributed by atoms with Crippen LogP contribution in [0, 0.1) is 5.92 Å². The van der Waals surface area contributed by atoms with Gasteiger partial charge in [0, 0.05) is 31.1 Å². The zero-order valence-electron chi connectivity index (χ0n) is 13.8. The topological polar surface area (TPSA) is 87.5 Å². The molecule has 1 aromatic carbocycles. The van der Waals surface area contributed by atoms with Gasteiger partial charge < -0.3 is 16.4 Å². The minimum Gasteiger partial charge on any atom is -0.356 e. The van der Waals surface area contributed by atoms with Crippen molar-refractivity contribution >= 4 is 23.5 Å². The summed E-state index contributed by atoms with van der Waals surface area (Å²) < 4.78 is 0. The minimum atomic E-state index is -0.603. The molecule has 0 spiro atoms. The Balaban J connectivity index is 1.63. The first kappa shape index (κ1) is 18.5. The molecule has 0 unspecified atom stereocenters. The molecule has 3 amide bonds. The number of benzene rings is 1. The summed E-state index contributed by atoms with van der Waals surface area (Å²) in [7, 11) is 0. The van der Waals surface area contributed by atoms with E-state index in [1.807, 2.05) is 18.2 Å². The Labute approximate surface area is 147 Å². The lowest BCUT2D eigenvalue weighted by Crippen LogP contribution is -2.39. The third-order valence-electron chi connectivity index (χ3n) is 4.30. The number of nitrogens with zero attached hydrogens (tertiary/aromatic N) is 1. The van der Waals surface area contributed by atoms with Crippen LogP contribution < -0.4 is 16.4 Å². The van der Waals surface area contributed by atoms with Crippen molar-refractivity contribution in [2.75, 3.05) is 26.2 Å². The summed E-state index contributed by atoms with van der Waals surface area (Å²) >= 11 is 6.21. The molecule has 0 bridgehead atoms. The zero-order chi connectivity index (χ0) is 17.4. The zero-order valence-corrected chi connectivity index (χ0v) is 14.5. The summed E-state index contributed by atoms with van der Waals surface area (Å²) in [4.78, 5) is 24.6. The van der Waals surface area contributed by atoms with Gasteiger partial charge in [0.15, 0.2) is 0 Å². The van der Waals surface area contributed by atoms with Crippen LogP contribution in [0.2, 0.25) is 5.02 Å². The van der Waals surface area contributed by atoms with Gasteiger partial charge in [-0.05, 0) is 43.5 Å². The molecule has 1 saturated heterocycles. The van der Waals surface area contributed by atoms with Crippen molar-refractivity contribution in [3.05, 3.63) is 34.9 Å². The number of hydrogen-bond donors (Lipinski definition) is 3. The van der Waals surface area contributed by atoms with Gasteiger partial charge in [0.2, 0.25) is 5.91 Å². The number of carbonyl (C=O) groups is 2. The molecule has 1 aliphatic rings. The van der Waals surface area contributed by atoms with Gasteiger partial charge in [0.1, 0.15) is 0 Å². The van der Waals surface area contributed by atoms with Crippen LogP contribution in [0.5, 0.6) is 0 Å². The van der Waals surface area contributed by atoms with Gasteiger partial charge in [0.05, 0.1) is 0 Å². The van der Waals surface area contributed by atoms with Crippen molar-refractivity contribution in [2.45, 2.75) is 25.8 Å². The van der Waals surface area contributed by atoms with Gasteiger partial charge in [0.25, 0.3) is 0 Å². The Morgan fingerprint density at radius 2 is 1.92 bits per heavy atom. The maximum atomic E-state index is 11.7. The molecular formula is C17H25ClN4O2. The van der Waals surface area contributed by atoms with Crippen LogP contribution >= 0.6 is 11.6 Å². The maximum absolute atomic E-state index is 11.7. The highest BCUT2D eigenvalue weighted by Gasteiger charge is 2.20. The van der Waals surface area contributed by atoms with Gasteiger partial charge in [-0.2, -0.15) is 0 Å². The van der Waals surface area contributed by atoms with Crippen LogP contribution in [-0.4, -0.2) is 43.0 Å². The van der Waals surface area contributed by atoms with Gasteiger partial charge in [-0.1, -0.05) is 29.8 Å². The second-order valence-electron chi connectivity index (χ2n) is 6.16. The van der Waals surface area contributed by atoms with E-state index in [4.69, 9.17) is 17.3 Å². The quantitative estimate of drug-likeness (QED) is 0.698. The van der Waals surface area contributed by atoms with E-state index in [1.165, 1.54) is 0 Å². The van der Waals surface area contributed by atoms with Crippen molar-refractivity contribution in [3.8, 4) is 0 Å². The van der Waals surface area contributed by atoms with E-state index in [0.717, 1.165) is 43.1 Å². The van der Waals surface area contributed by atoms with Crippen LogP contribution in [0.4, 0.5) is 4.79 Å². The first-order valence-electron chi connectivity index (χ1n) is 8.30. The fraction of sp³-hybridized carbons (Fsp3) is 0.529. The SMILES string of the molecule is NC(=O)NCCC(=O)NCC1CCN(Cc2ccccc2Cl)CC1. The van der Waals surface area contributed by atoms with Crippen LogP contribution in [0.25, 0.3) is 0 Å². The van der Waals surface area contributed by atoms with E-state index < -0.39 is 6.03 Å². The Hall–Kier alpha value is -1.79. The number of amides is 3. The lowest BCUT2D eigenvalue weighted by molar-refractivity contribution is -0.121. The Morgan fingerprint density at radius 1 is 1.21 bits per heavy atom. The molecule has 0 saturated carbocycles. The number of urea groups is 1. The number of primary amides is 1. The van der Waals surface area contributed by atoms with E-state index >= 15 is 0 Å². The molecule has 0 atom stereocenters. The second-order valence-corrected chi connectivity index (χ2v) is 6.56. The first-order chi connectivity index (χ1) is 11.5. The molecule has 7 heteroatoms. The number of piperidine rings is 1. The highest BCUT2D eigenvalue weighted by Crippen LogP contribution is 2.21. The van der Waals surface area contributed by atoms with Crippen LogP contribution in [0.1, 0.15) is 24.8 Å². The van der Waals surface area contributed by atoms with Crippen LogP contribution in [0.15, 0.2) is 24.3 Å². The highest BCUT2D eigenvalue weighted by molar-refractivity contribution is 6.31. The van der Waals surface area contributed by atoms with Crippen LogP contribution in [0.3, 0.4) is 0 Å². The number of halogens is 1. The fourth-order valence-electron chi connectivity index (χ4n) is 2.86. The number of nitrogens with two attached hydrogens (primary N) is 1. The van der Waals surface area contributed by atoms with E-state index in [1.54, 1.807) is 0 Å². The number of rotatable bonds is 7. The normalized spacial score (nSPS) is 15.9. The van der Waals surface area contributed by atoms with Gasteiger partial charge in [-0.15, -0.1) is 0 Å². The Bertz CT molecular complexity index is 559. The summed E-state index contributed by atoms with van der Waals surface area (Å²) in [5.41, 5.74) is 6.11. The maximum Gasteiger partial charge on any atom is 0.312 e. The lowest BCUT2D eigenvalue weighted by atomic mass is 9.96. The molecule has 132 valence electrons. The molecule has 0 aromatic heterocycles. The fourth-order valence-corrected chi connectivity index (χ4v) is 3.06.